The van der Waals surface area contributed by atoms with Crippen molar-refractivity contribution in [1.29, 1.82) is 0 Å². The van der Waals surface area contributed by atoms with E-state index in [4.69, 9.17) is 4.74 Å². The van der Waals surface area contributed by atoms with Gasteiger partial charge in [0.2, 0.25) is 5.91 Å². The monoisotopic (exact) mass is 414 g/mol. The van der Waals surface area contributed by atoms with Crippen LogP contribution in [0, 0.1) is 12.7 Å². The fourth-order valence-corrected chi connectivity index (χ4v) is 3.46. The molecule has 2 aromatic carbocycles. The summed E-state index contributed by atoms with van der Waals surface area (Å²) < 4.78 is 19.0. The zero-order valence-electron chi connectivity index (χ0n) is 17.3. The number of anilines is 1. The van der Waals surface area contributed by atoms with E-state index in [0.717, 1.165) is 44.0 Å². The molecule has 1 heterocycles. The maximum Gasteiger partial charge on any atom is 0.326 e. The highest BCUT2D eigenvalue weighted by Crippen LogP contribution is 2.22. The minimum atomic E-state index is -0.740. The van der Waals surface area contributed by atoms with Crippen LogP contribution in [0.2, 0.25) is 0 Å². The molecule has 1 aliphatic rings. The molecule has 0 bridgehead atoms. The lowest BCUT2D eigenvalue weighted by atomic mass is 10.1. The Morgan fingerprint density at radius 1 is 1.07 bits per heavy atom. The van der Waals surface area contributed by atoms with E-state index in [2.05, 4.69) is 28.5 Å². The summed E-state index contributed by atoms with van der Waals surface area (Å²) in [6.45, 7) is 6.02. The second kappa shape index (κ2) is 10.2. The number of ether oxygens (including phenoxy) is 1. The first-order chi connectivity index (χ1) is 14.4. The Morgan fingerprint density at radius 3 is 2.47 bits per heavy atom. The number of benzene rings is 2. The van der Waals surface area contributed by atoms with Crippen molar-refractivity contribution in [3.05, 3.63) is 59.4 Å². The molecule has 0 unspecified atom stereocenters. The number of para-hydroxylation sites is 1. The molecule has 0 radical (unpaired) electrons. The molecule has 0 atom stereocenters. The highest BCUT2D eigenvalue weighted by atomic mass is 19.1. The first-order valence-electron chi connectivity index (χ1n) is 9.88. The van der Waals surface area contributed by atoms with Crippen molar-refractivity contribution >= 4 is 17.6 Å². The lowest BCUT2D eigenvalue weighted by Crippen LogP contribution is -2.50. The SMILES string of the molecule is COc1ccc(C)cc1CN1CCN(CC(=O)NC(=O)Nc2ccccc2F)CC1. The number of urea groups is 1. The molecular weight excluding hydrogens is 387 g/mol. The third-order valence-corrected chi connectivity index (χ3v) is 5.04. The Balaban J connectivity index is 1.43. The molecule has 160 valence electrons. The number of halogens is 1. The number of hydrogen-bond acceptors (Lipinski definition) is 5. The summed E-state index contributed by atoms with van der Waals surface area (Å²) in [5, 5.41) is 4.59. The molecule has 2 aromatic rings. The van der Waals surface area contributed by atoms with Gasteiger partial charge in [-0.1, -0.05) is 29.8 Å². The molecule has 8 heteroatoms. The molecule has 0 aliphatic carbocycles. The molecule has 0 aromatic heterocycles. The van der Waals surface area contributed by atoms with E-state index in [-0.39, 0.29) is 12.2 Å². The van der Waals surface area contributed by atoms with Crippen molar-refractivity contribution in [2.45, 2.75) is 13.5 Å². The van der Waals surface area contributed by atoms with E-state index < -0.39 is 17.8 Å². The smallest absolute Gasteiger partial charge is 0.326 e. The highest BCUT2D eigenvalue weighted by molar-refractivity contribution is 6.01. The number of piperazine rings is 1. The minimum absolute atomic E-state index is 0.0305. The van der Waals surface area contributed by atoms with Gasteiger partial charge in [0, 0.05) is 38.3 Å². The number of rotatable bonds is 6. The predicted octanol–water partition coefficient (Wildman–Crippen LogP) is 2.61. The summed E-state index contributed by atoms with van der Waals surface area (Å²) in [5.74, 6) is -0.0950. The number of carbonyl (C=O) groups excluding carboxylic acids is 2. The number of aryl methyl sites for hydroxylation is 1. The van der Waals surface area contributed by atoms with Crippen LogP contribution in [-0.2, 0) is 11.3 Å². The number of methoxy groups -OCH3 is 1. The van der Waals surface area contributed by atoms with Gasteiger partial charge in [-0.05, 0) is 25.1 Å². The highest BCUT2D eigenvalue weighted by Gasteiger charge is 2.21. The second-order valence-corrected chi connectivity index (χ2v) is 7.35. The van der Waals surface area contributed by atoms with Crippen LogP contribution in [0.4, 0.5) is 14.9 Å². The molecule has 1 saturated heterocycles. The maximum atomic E-state index is 13.6. The summed E-state index contributed by atoms with van der Waals surface area (Å²) in [6, 6.07) is 11.2. The maximum absolute atomic E-state index is 13.6. The molecule has 0 spiro atoms. The number of carbonyl (C=O) groups is 2. The first kappa shape index (κ1) is 21.7. The van der Waals surface area contributed by atoms with Gasteiger partial charge >= 0.3 is 6.03 Å². The lowest BCUT2D eigenvalue weighted by molar-refractivity contribution is -0.121. The van der Waals surface area contributed by atoms with Crippen LogP contribution < -0.4 is 15.4 Å². The number of hydrogen-bond donors (Lipinski definition) is 2. The van der Waals surface area contributed by atoms with E-state index in [1.807, 2.05) is 17.0 Å². The summed E-state index contributed by atoms with van der Waals surface area (Å²) in [4.78, 5) is 28.4. The van der Waals surface area contributed by atoms with Crippen LogP contribution in [0.25, 0.3) is 0 Å². The molecule has 0 saturated carbocycles. The van der Waals surface area contributed by atoms with Crippen molar-refractivity contribution in [1.82, 2.24) is 15.1 Å². The first-order valence-corrected chi connectivity index (χ1v) is 9.88. The van der Waals surface area contributed by atoms with E-state index in [1.54, 1.807) is 13.2 Å². The number of nitrogens with one attached hydrogen (secondary N) is 2. The van der Waals surface area contributed by atoms with Gasteiger partial charge in [-0.2, -0.15) is 0 Å². The Hall–Kier alpha value is -2.97. The minimum Gasteiger partial charge on any atom is -0.496 e. The molecule has 3 rings (SSSR count). The summed E-state index contributed by atoms with van der Waals surface area (Å²) in [6.07, 6.45) is 0. The summed E-state index contributed by atoms with van der Waals surface area (Å²) in [7, 11) is 1.67. The van der Waals surface area contributed by atoms with Crippen molar-refractivity contribution in [2.24, 2.45) is 0 Å². The van der Waals surface area contributed by atoms with Gasteiger partial charge in [-0.3, -0.25) is 19.9 Å². The average Bonchev–Trinajstić information content (AvgIpc) is 2.71. The van der Waals surface area contributed by atoms with Gasteiger partial charge in [0.15, 0.2) is 0 Å². The van der Waals surface area contributed by atoms with Crippen LogP contribution >= 0.6 is 0 Å². The Bertz CT molecular complexity index is 898. The number of amides is 3. The Morgan fingerprint density at radius 2 is 1.77 bits per heavy atom. The predicted molar refractivity (Wildman–Crippen MR) is 113 cm³/mol. The largest absolute Gasteiger partial charge is 0.496 e. The lowest BCUT2D eigenvalue weighted by Gasteiger charge is -2.34. The van der Waals surface area contributed by atoms with Gasteiger partial charge in [0.1, 0.15) is 11.6 Å². The zero-order chi connectivity index (χ0) is 21.5. The summed E-state index contributed by atoms with van der Waals surface area (Å²) in [5.41, 5.74) is 2.37. The second-order valence-electron chi connectivity index (χ2n) is 7.35. The fraction of sp³-hybridized carbons (Fsp3) is 0.364. The van der Waals surface area contributed by atoms with Gasteiger partial charge in [0.05, 0.1) is 19.3 Å². The third-order valence-electron chi connectivity index (χ3n) is 5.04. The van der Waals surface area contributed by atoms with Crippen molar-refractivity contribution in [2.75, 3.05) is 45.2 Å². The molecule has 3 amide bonds. The molecule has 30 heavy (non-hydrogen) atoms. The van der Waals surface area contributed by atoms with Crippen molar-refractivity contribution in [3.63, 3.8) is 0 Å². The van der Waals surface area contributed by atoms with Crippen LogP contribution in [0.15, 0.2) is 42.5 Å². The third kappa shape index (κ3) is 6.01. The van der Waals surface area contributed by atoms with Crippen LogP contribution in [0.3, 0.4) is 0 Å². The molecular formula is C22H27FN4O3. The van der Waals surface area contributed by atoms with E-state index >= 15 is 0 Å². The molecule has 1 aliphatic heterocycles. The van der Waals surface area contributed by atoms with Gasteiger partial charge in [0.25, 0.3) is 0 Å². The van der Waals surface area contributed by atoms with Crippen LogP contribution in [-0.4, -0.2) is 61.6 Å². The van der Waals surface area contributed by atoms with Gasteiger partial charge < -0.3 is 10.1 Å². The van der Waals surface area contributed by atoms with Crippen LogP contribution in [0.5, 0.6) is 5.75 Å². The van der Waals surface area contributed by atoms with E-state index in [9.17, 15) is 14.0 Å². The van der Waals surface area contributed by atoms with E-state index in [0.29, 0.717) is 0 Å². The average molecular weight is 414 g/mol. The number of imide groups is 1. The Labute approximate surface area is 175 Å². The molecule has 7 nitrogen and oxygen atoms in total. The van der Waals surface area contributed by atoms with Crippen molar-refractivity contribution < 1.29 is 18.7 Å². The quantitative estimate of drug-likeness (QED) is 0.760. The fourth-order valence-electron chi connectivity index (χ4n) is 3.46. The number of nitrogens with zero attached hydrogens (tertiary/aromatic N) is 2. The van der Waals surface area contributed by atoms with Crippen LogP contribution in [0.1, 0.15) is 11.1 Å². The molecule has 1 fully saturated rings. The Kier molecular flexibility index (Phi) is 7.37. The molecule has 2 N–H and O–H groups in total. The van der Waals surface area contributed by atoms with E-state index in [1.165, 1.54) is 23.8 Å². The van der Waals surface area contributed by atoms with Gasteiger partial charge in [-0.25, -0.2) is 9.18 Å². The summed E-state index contributed by atoms with van der Waals surface area (Å²) >= 11 is 0. The topological polar surface area (TPSA) is 73.9 Å². The normalized spacial score (nSPS) is 14.9. The van der Waals surface area contributed by atoms with Gasteiger partial charge in [-0.15, -0.1) is 0 Å². The zero-order valence-corrected chi connectivity index (χ0v) is 17.3. The van der Waals surface area contributed by atoms with Crippen molar-refractivity contribution in [3.8, 4) is 5.75 Å². The standard InChI is InChI=1S/C22H27FN4O3/c1-16-7-8-20(30-2)17(13-16)14-26-9-11-27(12-10-26)15-21(28)25-22(29)24-19-6-4-3-5-18(19)23/h3-8,13H,9-12,14-15H2,1-2H3,(H2,24,25,28,29).